The van der Waals surface area contributed by atoms with Gasteiger partial charge in [-0.25, -0.2) is 9.38 Å². The third-order valence-corrected chi connectivity index (χ3v) is 2.76. The molecule has 1 amide bonds. The minimum absolute atomic E-state index is 0.0739. The van der Waals surface area contributed by atoms with E-state index in [1.165, 1.54) is 17.1 Å². The number of hydrogen-bond acceptors (Lipinski definition) is 2. The molecule has 2 aliphatic rings. The summed E-state index contributed by atoms with van der Waals surface area (Å²) in [5, 5.41) is 0.144. The molecule has 0 bridgehead atoms. The van der Waals surface area contributed by atoms with Gasteiger partial charge in [0.2, 0.25) is 5.11 Å². The fourth-order valence-corrected chi connectivity index (χ4v) is 2.10. The Morgan fingerprint density at radius 3 is 2.88 bits per heavy atom. The van der Waals surface area contributed by atoms with Crippen molar-refractivity contribution in [3.63, 3.8) is 0 Å². The van der Waals surface area contributed by atoms with E-state index in [-0.39, 0.29) is 22.8 Å². The van der Waals surface area contributed by atoms with Gasteiger partial charge in [0.25, 0.3) is 5.91 Å². The van der Waals surface area contributed by atoms with Gasteiger partial charge in [-0.15, -0.1) is 0 Å². The molecule has 0 N–H and O–H groups in total. The largest absolute Gasteiger partial charge is 0.281 e. The van der Waals surface area contributed by atoms with Crippen molar-refractivity contribution in [3.05, 3.63) is 23.8 Å². The van der Waals surface area contributed by atoms with Crippen molar-refractivity contribution in [1.29, 1.82) is 0 Å². The van der Waals surface area contributed by atoms with E-state index in [0.717, 1.165) is 0 Å². The number of halogens is 1. The van der Waals surface area contributed by atoms with Crippen LogP contribution < -0.4 is 0 Å². The first-order chi connectivity index (χ1) is 7.52. The summed E-state index contributed by atoms with van der Waals surface area (Å²) in [5.41, 5.74) is 0.437. The van der Waals surface area contributed by atoms with Gasteiger partial charge < -0.3 is 0 Å². The van der Waals surface area contributed by atoms with Crippen LogP contribution >= 0.6 is 12.2 Å². The average Bonchev–Trinajstić information content (AvgIpc) is 2.19. The van der Waals surface area contributed by atoms with Gasteiger partial charge in [-0.2, -0.15) is 0 Å². The molecular formula is C11H11FN2OS. The molecule has 1 atom stereocenters. The van der Waals surface area contributed by atoms with Gasteiger partial charge >= 0.3 is 0 Å². The van der Waals surface area contributed by atoms with Crippen LogP contribution in [-0.4, -0.2) is 33.8 Å². The second-order valence-electron chi connectivity index (χ2n) is 3.92. The highest BCUT2D eigenvalue weighted by atomic mass is 32.1. The van der Waals surface area contributed by atoms with Crippen LogP contribution in [0.5, 0.6) is 0 Å². The van der Waals surface area contributed by atoms with E-state index < -0.39 is 6.17 Å². The number of thiocarbonyl (C=S) groups is 1. The van der Waals surface area contributed by atoms with E-state index in [1.807, 2.05) is 13.8 Å². The Hall–Kier alpha value is -1.36. The van der Waals surface area contributed by atoms with Crippen molar-refractivity contribution < 1.29 is 9.18 Å². The van der Waals surface area contributed by atoms with Crippen LogP contribution in [0.15, 0.2) is 28.8 Å². The lowest BCUT2D eigenvalue weighted by molar-refractivity contribution is -0.124. The van der Waals surface area contributed by atoms with E-state index >= 15 is 0 Å². The Balaban J connectivity index is 2.49. The lowest BCUT2D eigenvalue weighted by Crippen LogP contribution is -2.47. The SMILES string of the molecule is CC(C)N1C(=O)C2=CC=CC(F)C2=NC1=S. The van der Waals surface area contributed by atoms with Gasteiger partial charge in [-0.05, 0) is 38.2 Å². The fraction of sp³-hybridized carbons (Fsp3) is 0.364. The number of rotatable bonds is 1. The average molecular weight is 238 g/mol. The first kappa shape index (κ1) is 11.1. The number of carbonyl (C=O) groups excluding carboxylic acids is 1. The number of fused-ring (bicyclic) bond motifs is 1. The zero-order valence-corrected chi connectivity index (χ0v) is 9.79. The highest BCUT2D eigenvalue weighted by Gasteiger charge is 2.35. The topological polar surface area (TPSA) is 32.7 Å². The van der Waals surface area contributed by atoms with Gasteiger partial charge in [-0.3, -0.25) is 9.69 Å². The molecule has 0 saturated heterocycles. The van der Waals surface area contributed by atoms with Crippen molar-refractivity contribution in [3.8, 4) is 0 Å². The van der Waals surface area contributed by atoms with Crippen molar-refractivity contribution in [2.45, 2.75) is 26.1 Å². The maximum Gasteiger partial charge on any atom is 0.262 e. The van der Waals surface area contributed by atoms with Crippen LogP contribution in [0.4, 0.5) is 4.39 Å². The smallest absolute Gasteiger partial charge is 0.262 e. The summed E-state index contributed by atoms with van der Waals surface area (Å²) < 4.78 is 13.5. The van der Waals surface area contributed by atoms with Crippen LogP contribution in [0.3, 0.4) is 0 Å². The number of carbonyl (C=O) groups is 1. The van der Waals surface area contributed by atoms with E-state index in [4.69, 9.17) is 12.2 Å². The van der Waals surface area contributed by atoms with Crippen molar-refractivity contribution in [2.75, 3.05) is 0 Å². The van der Waals surface area contributed by atoms with E-state index in [2.05, 4.69) is 4.99 Å². The molecule has 0 aromatic carbocycles. The molecule has 0 fully saturated rings. The molecule has 2 rings (SSSR count). The summed E-state index contributed by atoms with van der Waals surface area (Å²) in [5.74, 6) is -0.267. The first-order valence-electron chi connectivity index (χ1n) is 5.01. The van der Waals surface area contributed by atoms with Crippen molar-refractivity contribution in [1.82, 2.24) is 4.90 Å². The number of hydrogen-bond donors (Lipinski definition) is 0. The summed E-state index contributed by atoms with van der Waals surface area (Å²) in [6.07, 6.45) is 3.12. The predicted molar refractivity (Wildman–Crippen MR) is 64.1 cm³/mol. The Kier molecular flexibility index (Phi) is 2.71. The maximum atomic E-state index is 13.5. The van der Waals surface area contributed by atoms with Crippen LogP contribution in [0.25, 0.3) is 0 Å². The predicted octanol–water partition coefficient (Wildman–Crippen LogP) is 1.80. The molecule has 84 valence electrons. The third kappa shape index (κ3) is 1.61. The molecule has 1 aliphatic heterocycles. The summed E-state index contributed by atoms with van der Waals surface area (Å²) >= 11 is 5.00. The van der Waals surface area contributed by atoms with E-state index in [9.17, 15) is 9.18 Å². The number of nitrogens with zero attached hydrogens (tertiary/aromatic N) is 2. The van der Waals surface area contributed by atoms with Gasteiger partial charge in [-0.1, -0.05) is 6.08 Å². The second kappa shape index (κ2) is 3.90. The third-order valence-electron chi connectivity index (χ3n) is 2.47. The lowest BCUT2D eigenvalue weighted by Gasteiger charge is -2.31. The molecule has 1 unspecified atom stereocenters. The maximum absolute atomic E-state index is 13.5. The number of allylic oxidation sites excluding steroid dienone is 3. The van der Waals surface area contributed by atoms with Gasteiger partial charge in [0.05, 0.1) is 11.3 Å². The number of aliphatic imine (C=N–C) groups is 1. The molecule has 1 aliphatic carbocycles. The number of alkyl halides is 1. The monoisotopic (exact) mass is 238 g/mol. The molecule has 0 saturated carbocycles. The van der Waals surface area contributed by atoms with Gasteiger partial charge in [0.15, 0.2) is 6.17 Å². The van der Waals surface area contributed by atoms with E-state index in [0.29, 0.717) is 5.57 Å². The molecule has 16 heavy (non-hydrogen) atoms. The Morgan fingerprint density at radius 1 is 1.56 bits per heavy atom. The van der Waals surface area contributed by atoms with Crippen LogP contribution in [0.1, 0.15) is 13.8 Å². The summed E-state index contributed by atoms with van der Waals surface area (Å²) in [6.45, 7) is 3.69. The normalized spacial score (nSPS) is 24.5. The Bertz CT molecular complexity index is 451. The quantitative estimate of drug-likeness (QED) is 0.652. The molecule has 1 heterocycles. The zero-order valence-electron chi connectivity index (χ0n) is 8.98. The molecule has 0 aromatic rings. The fourth-order valence-electron chi connectivity index (χ4n) is 1.71. The summed E-state index contributed by atoms with van der Waals surface area (Å²) in [7, 11) is 0. The summed E-state index contributed by atoms with van der Waals surface area (Å²) in [6, 6.07) is -0.0739. The minimum Gasteiger partial charge on any atom is -0.281 e. The summed E-state index contributed by atoms with van der Waals surface area (Å²) in [4.78, 5) is 17.4. The van der Waals surface area contributed by atoms with Crippen molar-refractivity contribution in [2.24, 2.45) is 4.99 Å². The molecule has 0 radical (unpaired) electrons. The Labute approximate surface area is 98.3 Å². The van der Waals surface area contributed by atoms with E-state index in [1.54, 1.807) is 6.08 Å². The molecular weight excluding hydrogens is 227 g/mol. The first-order valence-corrected chi connectivity index (χ1v) is 5.42. The molecule has 5 heteroatoms. The lowest BCUT2D eigenvalue weighted by atomic mass is 9.98. The minimum atomic E-state index is -1.34. The molecule has 3 nitrogen and oxygen atoms in total. The standard InChI is InChI=1S/C11H11FN2OS/c1-6(2)14-10(15)7-4-3-5-8(12)9(7)13-11(14)16/h3-6,8H,1-2H3. The van der Waals surface area contributed by atoms with Crippen LogP contribution in [0.2, 0.25) is 0 Å². The Morgan fingerprint density at radius 2 is 2.25 bits per heavy atom. The molecule has 0 aromatic heterocycles. The molecule has 0 spiro atoms. The van der Waals surface area contributed by atoms with Gasteiger partial charge in [0, 0.05) is 6.04 Å². The van der Waals surface area contributed by atoms with Crippen molar-refractivity contribution >= 4 is 28.9 Å². The zero-order chi connectivity index (χ0) is 11.9. The number of amides is 1. The highest BCUT2D eigenvalue weighted by molar-refractivity contribution is 7.80. The second-order valence-corrected chi connectivity index (χ2v) is 4.28. The highest BCUT2D eigenvalue weighted by Crippen LogP contribution is 2.22. The van der Waals surface area contributed by atoms with Gasteiger partial charge in [0.1, 0.15) is 0 Å². The van der Waals surface area contributed by atoms with Crippen LogP contribution in [0, 0.1) is 0 Å². The van der Waals surface area contributed by atoms with Crippen LogP contribution in [-0.2, 0) is 4.79 Å².